The number of carbonyl (C=O) groups is 2. The molecular weight excluding hydrogens is 341 g/mol. The van der Waals surface area contributed by atoms with Crippen LogP contribution in [0.5, 0.6) is 5.75 Å². The van der Waals surface area contributed by atoms with Gasteiger partial charge in [-0.2, -0.15) is 0 Å². The second kappa shape index (κ2) is 5.62. The molecule has 0 unspecified atom stereocenters. The first kappa shape index (κ1) is 16.2. The summed E-state index contributed by atoms with van der Waals surface area (Å²) in [4.78, 5) is 22.6. The first-order chi connectivity index (χ1) is 12.5. The van der Waals surface area contributed by atoms with Crippen LogP contribution in [0.4, 0.5) is 8.63 Å². The van der Waals surface area contributed by atoms with Crippen molar-refractivity contribution in [2.75, 3.05) is 7.11 Å². The van der Waals surface area contributed by atoms with Crippen molar-refractivity contribution < 1.29 is 27.4 Å². The highest BCUT2D eigenvalue weighted by atomic mass is 19.2. The van der Waals surface area contributed by atoms with Crippen LogP contribution in [0.1, 0.15) is 21.7 Å². The Bertz CT molecular complexity index is 1030. The lowest BCUT2D eigenvalue weighted by Gasteiger charge is -2.32. The Labute approximate surface area is 147 Å². The summed E-state index contributed by atoms with van der Waals surface area (Å²) in [5.41, 5.74) is 1.35. The molecule has 2 aromatic rings. The van der Waals surface area contributed by atoms with E-state index in [-0.39, 0.29) is 22.8 Å². The predicted molar refractivity (Wildman–Crippen MR) is 92.7 cm³/mol. The van der Waals surface area contributed by atoms with Crippen LogP contribution in [-0.4, -0.2) is 41.3 Å². The predicted octanol–water partition coefficient (Wildman–Crippen LogP) is 2.53. The van der Waals surface area contributed by atoms with Gasteiger partial charge in [0.15, 0.2) is 17.7 Å². The average Bonchev–Trinajstić information content (AvgIpc) is 3.27. The summed E-state index contributed by atoms with van der Waals surface area (Å²) in [6.45, 7) is -4.37. The molecule has 26 heavy (non-hydrogen) atoms. The van der Waals surface area contributed by atoms with Crippen LogP contribution in [0.2, 0.25) is 0 Å². The molecule has 2 aliphatic heterocycles. The van der Waals surface area contributed by atoms with Gasteiger partial charge in [0.05, 0.1) is 18.4 Å². The number of rotatable bonds is 4. The van der Waals surface area contributed by atoms with Gasteiger partial charge in [0.1, 0.15) is 5.75 Å². The molecule has 4 rings (SSSR count). The number of hydrogen-bond acceptors (Lipinski definition) is 3. The monoisotopic (exact) mass is 354 g/mol. The Morgan fingerprint density at radius 1 is 1.04 bits per heavy atom. The van der Waals surface area contributed by atoms with Gasteiger partial charge < -0.3 is 22.3 Å². The zero-order valence-corrected chi connectivity index (χ0v) is 13.7. The Hall–Kier alpha value is -3.29. The summed E-state index contributed by atoms with van der Waals surface area (Å²) in [6.07, 6.45) is 3.63. The second-order valence-corrected chi connectivity index (χ2v) is 5.95. The maximum Gasteiger partial charge on any atom is 0.738 e. The van der Waals surface area contributed by atoms with E-state index < -0.39 is 6.97 Å². The van der Waals surface area contributed by atoms with Crippen molar-refractivity contribution in [3.05, 3.63) is 71.2 Å². The van der Waals surface area contributed by atoms with Gasteiger partial charge in [-0.05, 0) is 29.8 Å². The summed E-state index contributed by atoms with van der Waals surface area (Å²) in [5, 5.41) is 0. The number of aromatic nitrogens is 1. The minimum Gasteiger partial charge on any atom is -0.497 e. The van der Waals surface area contributed by atoms with Crippen LogP contribution in [0.25, 0.3) is 5.57 Å². The SMILES string of the molecule is COc1ccc(C2=C3C=CC(C=O)=[N+]3[B-](F)(F)n3c(C=O)ccc32)cc1. The molecule has 1 aromatic carbocycles. The Morgan fingerprint density at radius 2 is 1.77 bits per heavy atom. The largest absolute Gasteiger partial charge is 0.738 e. The zero-order valence-electron chi connectivity index (χ0n) is 13.7. The summed E-state index contributed by atoms with van der Waals surface area (Å²) in [5.74, 6) is 0.632. The zero-order chi connectivity index (χ0) is 18.5. The molecule has 0 radical (unpaired) electrons. The van der Waals surface area contributed by atoms with Crippen molar-refractivity contribution in [1.82, 2.24) is 4.48 Å². The molecule has 5 nitrogen and oxygen atoms in total. The van der Waals surface area contributed by atoms with E-state index in [0.717, 1.165) is 0 Å². The first-order valence-corrected chi connectivity index (χ1v) is 7.90. The van der Waals surface area contributed by atoms with E-state index in [9.17, 15) is 9.59 Å². The summed E-state index contributed by atoms with van der Waals surface area (Å²) >= 11 is 0. The minimum atomic E-state index is -4.37. The van der Waals surface area contributed by atoms with Crippen molar-refractivity contribution in [3.8, 4) is 5.75 Å². The van der Waals surface area contributed by atoms with Gasteiger partial charge in [0.2, 0.25) is 6.29 Å². The van der Waals surface area contributed by atoms with Gasteiger partial charge in [0.25, 0.3) is 0 Å². The van der Waals surface area contributed by atoms with E-state index in [1.54, 1.807) is 24.3 Å². The molecule has 0 bridgehead atoms. The van der Waals surface area contributed by atoms with E-state index >= 15 is 8.63 Å². The average molecular weight is 354 g/mol. The highest BCUT2D eigenvalue weighted by Gasteiger charge is 2.54. The number of carbonyl (C=O) groups excluding carboxylic acids is 2. The molecule has 0 atom stereocenters. The molecule has 0 amide bonds. The number of halogens is 2. The third kappa shape index (κ3) is 2.05. The van der Waals surface area contributed by atoms with Crippen molar-refractivity contribution >= 4 is 30.8 Å². The maximum absolute atomic E-state index is 15.2. The smallest absolute Gasteiger partial charge is 0.497 e. The number of hydrogen-bond donors (Lipinski definition) is 0. The third-order valence-electron chi connectivity index (χ3n) is 4.65. The lowest BCUT2D eigenvalue weighted by Crippen LogP contribution is -2.51. The summed E-state index contributed by atoms with van der Waals surface area (Å²) < 4.78 is 37.0. The molecule has 130 valence electrons. The number of nitrogens with zero attached hydrogens (tertiary/aromatic N) is 2. The molecule has 0 fully saturated rings. The number of methoxy groups -OCH3 is 1. The Morgan fingerprint density at radius 3 is 2.38 bits per heavy atom. The molecule has 1 aromatic heterocycles. The molecule has 0 saturated heterocycles. The first-order valence-electron chi connectivity index (χ1n) is 7.90. The van der Waals surface area contributed by atoms with Crippen LogP contribution < -0.4 is 4.74 Å². The summed E-state index contributed by atoms with van der Waals surface area (Å²) in [7, 11) is 1.54. The maximum atomic E-state index is 15.2. The van der Waals surface area contributed by atoms with Crippen molar-refractivity contribution in [2.24, 2.45) is 0 Å². The second-order valence-electron chi connectivity index (χ2n) is 5.95. The van der Waals surface area contributed by atoms with Gasteiger partial charge in [-0.3, -0.25) is 9.59 Å². The van der Waals surface area contributed by atoms with Crippen LogP contribution in [0, 0.1) is 0 Å². The fraction of sp³-hybridized carbons (Fsp3) is 0.0556. The van der Waals surface area contributed by atoms with Gasteiger partial charge in [-0.25, -0.2) is 0 Å². The highest BCUT2D eigenvalue weighted by molar-refractivity contribution is 6.60. The number of fused-ring (bicyclic) bond motifs is 2. The fourth-order valence-corrected chi connectivity index (χ4v) is 3.52. The van der Waals surface area contributed by atoms with E-state index in [1.165, 1.54) is 31.4 Å². The quantitative estimate of drug-likeness (QED) is 0.626. The standard InChI is InChI=1S/C18H13BF2N2O3/c1-26-15-6-2-12(3-7-15)18-16-8-4-13(10-24)22(16)19(20,21)23-14(11-25)5-9-17(18)23/h2-11H,1H3. The third-order valence-corrected chi connectivity index (χ3v) is 4.65. The van der Waals surface area contributed by atoms with Crippen LogP contribution >= 0.6 is 0 Å². The molecule has 0 N–H and O–H groups in total. The van der Waals surface area contributed by atoms with Crippen molar-refractivity contribution in [1.29, 1.82) is 0 Å². The lowest BCUT2D eigenvalue weighted by atomic mass is 9.86. The van der Waals surface area contributed by atoms with Gasteiger partial charge in [-0.15, -0.1) is 0 Å². The normalized spacial score (nSPS) is 17.2. The number of benzene rings is 1. The molecule has 0 spiro atoms. The molecule has 2 aliphatic rings. The van der Waals surface area contributed by atoms with Gasteiger partial charge >= 0.3 is 6.97 Å². The molecule has 0 aliphatic carbocycles. The van der Waals surface area contributed by atoms with Gasteiger partial charge in [0, 0.05) is 17.8 Å². The van der Waals surface area contributed by atoms with Crippen LogP contribution in [0.3, 0.4) is 0 Å². The Kier molecular flexibility index (Phi) is 3.50. The van der Waals surface area contributed by atoms with E-state index in [0.29, 0.717) is 38.4 Å². The molecule has 0 saturated carbocycles. The van der Waals surface area contributed by atoms with E-state index in [4.69, 9.17) is 4.74 Å². The van der Waals surface area contributed by atoms with Crippen molar-refractivity contribution in [2.45, 2.75) is 0 Å². The molecular formula is C18H13BF2N2O3. The number of ether oxygens (including phenoxy) is 1. The van der Waals surface area contributed by atoms with Crippen LogP contribution in [0.15, 0.2) is 54.2 Å². The fourth-order valence-electron chi connectivity index (χ4n) is 3.52. The van der Waals surface area contributed by atoms with E-state index in [2.05, 4.69) is 0 Å². The lowest BCUT2D eigenvalue weighted by molar-refractivity contribution is -0.360. The van der Waals surface area contributed by atoms with E-state index in [1.807, 2.05) is 0 Å². The topological polar surface area (TPSA) is 51.3 Å². The molecule has 8 heteroatoms. The molecule has 3 heterocycles. The summed E-state index contributed by atoms with van der Waals surface area (Å²) in [6, 6.07) is 9.80. The highest BCUT2D eigenvalue weighted by Crippen LogP contribution is 2.40. The number of aldehydes is 2. The van der Waals surface area contributed by atoms with Crippen molar-refractivity contribution in [3.63, 3.8) is 0 Å². The minimum absolute atomic E-state index is 0.146. The Balaban J connectivity index is 2.07. The van der Waals surface area contributed by atoms with Gasteiger partial charge in [-0.1, -0.05) is 12.1 Å². The van der Waals surface area contributed by atoms with Crippen LogP contribution in [-0.2, 0) is 4.79 Å². The number of allylic oxidation sites excluding steroid dienone is 2.